The van der Waals surface area contributed by atoms with E-state index in [2.05, 4.69) is 0 Å². The molecule has 0 saturated carbocycles. The largest absolute Gasteiger partial charge is 0.493 e. The Morgan fingerprint density at radius 2 is 2.27 bits per heavy atom. The molecule has 0 fully saturated rings. The molecular formula is C11H12ClFO2. The third-order valence-electron chi connectivity index (χ3n) is 1.87. The quantitative estimate of drug-likeness (QED) is 0.442. The van der Waals surface area contributed by atoms with Gasteiger partial charge >= 0.3 is 0 Å². The number of carbonyl (C=O) groups is 1. The first-order valence-corrected chi connectivity index (χ1v) is 5.18. The van der Waals surface area contributed by atoms with Crippen LogP contribution in [0.2, 0.25) is 0 Å². The van der Waals surface area contributed by atoms with Crippen molar-refractivity contribution in [2.24, 2.45) is 0 Å². The van der Waals surface area contributed by atoms with Crippen LogP contribution in [-0.2, 0) is 0 Å². The average Bonchev–Trinajstić information content (AvgIpc) is 2.17. The Balaban J connectivity index is 2.69. The van der Waals surface area contributed by atoms with Crippen molar-refractivity contribution in [1.29, 1.82) is 0 Å². The molecule has 82 valence electrons. The fourth-order valence-corrected chi connectivity index (χ4v) is 1.22. The van der Waals surface area contributed by atoms with Crippen LogP contribution in [0.5, 0.6) is 5.75 Å². The molecule has 0 atom stereocenters. The highest BCUT2D eigenvalue weighted by molar-refractivity contribution is 6.17. The second-order valence-corrected chi connectivity index (χ2v) is 3.47. The van der Waals surface area contributed by atoms with Crippen LogP contribution in [0.25, 0.3) is 0 Å². The Morgan fingerprint density at radius 1 is 1.53 bits per heavy atom. The van der Waals surface area contributed by atoms with E-state index < -0.39 is 5.82 Å². The van der Waals surface area contributed by atoms with Gasteiger partial charge in [0.05, 0.1) is 12.2 Å². The Labute approximate surface area is 93.0 Å². The summed E-state index contributed by atoms with van der Waals surface area (Å²) >= 11 is 5.47. The minimum Gasteiger partial charge on any atom is -0.493 e. The molecule has 1 aromatic rings. The van der Waals surface area contributed by atoms with E-state index in [1.54, 1.807) is 6.07 Å². The predicted octanol–water partition coefficient (Wildman–Crippen LogP) is 3.04. The smallest absolute Gasteiger partial charge is 0.162 e. The topological polar surface area (TPSA) is 26.3 Å². The first kappa shape index (κ1) is 12.0. The maximum Gasteiger partial charge on any atom is 0.162 e. The molecule has 0 bridgehead atoms. The van der Waals surface area contributed by atoms with Gasteiger partial charge in [0.25, 0.3) is 0 Å². The van der Waals surface area contributed by atoms with Crippen molar-refractivity contribution in [2.45, 2.75) is 13.3 Å². The van der Waals surface area contributed by atoms with Crippen molar-refractivity contribution in [3.05, 3.63) is 29.6 Å². The fourth-order valence-electron chi connectivity index (χ4n) is 1.12. The van der Waals surface area contributed by atoms with Gasteiger partial charge in [0.1, 0.15) is 11.6 Å². The third kappa shape index (κ3) is 3.51. The zero-order valence-corrected chi connectivity index (χ0v) is 9.18. The number of ketones is 1. The summed E-state index contributed by atoms with van der Waals surface area (Å²) in [5, 5.41) is 0. The summed E-state index contributed by atoms with van der Waals surface area (Å²) in [5.41, 5.74) is 0.0830. The van der Waals surface area contributed by atoms with Crippen LogP contribution >= 0.6 is 11.6 Å². The van der Waals surface area contributed by atoms with Crippen molar-refractivity contribution < 1.29 is 13.9 Å². The van der Waals surface area contributed by atoms with Gasteiger partial charge in [0.15, 0.2) is 5.78 Å². The molecule has 0 N–H and O–H groups in total. The first-order valence-electron chi connectivity index (χ1n) is 4.64. The van der Waals surface area contributed by atoms with Crippen molar-refractivity contribution in [1.82, 2.24) is 0 Å². The highest BCUT2D eigenvalue weighted by atomic mass is 35.5. The molecule has 0 heterocycles. The summed E-state index contributed by atoms with van der Waals surface area (Å²) in [6.07, 6.45) is 0.706. The standard InChI is InChI=1S/C11H12ClFO2/c1-8(14)10-4-3-9(7-11(10)13)15-6-2-5-12/h3-4,7H,2,5-6H2,1H3. The lowest BCUT2D eigenvalue weighted by molar-refractivity contribution is 0.101. The zero-order valence-electron chi connectivity index (χ0n) is 8.43. The van der Waals surface area contributed by atoms with Gasteiger partial charge in [-0.2, -0.15) is 0 Å². The number of hydrogen-bond acceptors (Lipinski definition) is 2. The average molecular weight is 231 g/mol. The summed E-state index contributed by atoms with van der Waals surface area (Å²) in [6.45, 7) is 1.77. The normalized spacial score (nSPS) is 10.1. The highest BCUT2D eigenvalue weighted by Gasteiger charge is 2.07. The van der Waals surface area contributed by atoms with Crippen molar-refractivity contribution in [3.8, 4) is 5.75 Å². The number of benzene rings is 1. The molecule has 0 saturated heterocycles. The van der Waals surface area contributed by atoms with Gasteiger partial charge in [-0.3, -0.25) is 4.79 Å². The van der Waals surface area contributed by atoms with Gasteiger partial charge in [-0.05, 0) is 25.5 Å². The summed E-state index contributed by atoms with van der Waals surface area (Å²) in [6, 6.07) is 4.21. The Morgan fingerprint density at radius 3 is 2.80 bits per heavy atom. The lowest BCUT2D eigenvalue weighted by Crippen LogP contribution is -2.01. The maximum atomic E-state index is 13.3. The monoisotopic (exact) mass is 230 g/mol. The third-order valence-corrected chi connectivity index (χ3v) is 2.13. The van der Waals surface area contributed by atoms with Crippen LogP contribution in [-0.4, -0.2) is 18.3 Å². The first-order chi connectivity index (χ1) is 7.15. The maximum absolute atomic E-state index is 13.3. The van der Waals surface area contributed by atoms with Crippen molar-refractivity contribution in [2.75, 3.05) is 12.5 Å². The van der Waals surface area contributed by atoms with Crippen LogP contribution in [0.1, 0.15) is 23.7 Å². The second-order valence-electron chi connectivity index (χ2n) is 3.09. The summed E-state index contributed by atoms with van der Waals surface area (Å²) in [7, 11) is 0. The Hall–Kier alpha value is -1.09. The van der Waals surface area contributed by atoms with Crippen LogP contribution in [0.3, 0.4) is 0 Å². The van der Waals surface area contributed by atoms with E-state index >= 15 is 0 Å². The molecule has 0 unspecified atom stereocenters. The van der Waals surface area contributed by atoms with Crippen LogP contribution < -0.4 is 4.74 Å². The lowest BCUT2D eigenvalue weighted by atomic mass is 10.1. The van der Waals surface area contributed by atoms with Gasteiger partial charge in [-0.1, -0.05) is 0 Å². The molecule has 4 heteroatoms. The number of halogens is 2. The van der Waals surface area contributed by atoms with E-state index in [0.717, 1.165) is 0 Å². The number of alkyl halides is 1. The molecule has 0 aromatic heterocycles. The van der Waals surface area contributed by atoms with E-state index in [1.165, 1.54) is 19.1 Å². The number of hydrogen-bond donors (Lipinski definition) is 0. The number of ether oxygens (including phenoxy) is 1. The predicted molar refractivity (Wildman–Crippen MR) is 57.2 cm³/mol. The van der Waals surface area contributed by atoms with Gasteiger partial charge < -0.3 is 4.74 Å². The Kier molecular flexibility index (Phi) is 4.56. The highest BCUT2D eigenvalue weighted by Crippen LogP contribution is 2.17. The molecule has 15 heavy (non-hydrogen) atoms. The van der Waals surface area contributed by atoms with E-state index in [9.17, 15) is 9.18 Å². The van der Waals surface area contributed by atoms with Crippen molar-refractivity contribution in [3.63, 3.8) is 0 Å². The van der Waals surface area contributed by atoms with Gasteiger partial charge in [0.2, 0.25) is 0 Å². The Bertz CT molecular complexity index is 352. The molecule has 1 rings (SSSR count). The van der Waals surface area contributed by atoms with E-state index in [0.29, 0.717) is 24.7 Å². The fraction of sp³-hybridized carbons (Fsp3) is 0.364. The molecular weight excluding hydrogens is 219 g/mol. The van der Waals surface area contributed by atoms with Gasteiger partial charge in [0, 0.05) is 11.9 Å². The molecule has 0 amide bonds. The molecule has 0 aliphatic rings. The van der Waals surface area contributed by atoms with E-state index in [-0.39, 0.29) is 11.3 Å². The summed E-state index contributed by atoms with van der Waals surface area (Å²) < 4.78 is 18.5. The SMILES string of the molecule is CC(=O)c1ccc(OCCCCl)cc1F. The number of rotatable bonds is 5. The van der Waals surface area contributed by atoms with E-state index in [1.807, 2.05) is 0 Å². The lowest BCUT2D eigenvalue weighted by Gasteiger charge is -2.06. The van der Waals surface area contributed by atoms with Crippen molar-refractivity contribution >= 4 is 17.4 Å². The van der Waals surface area contributed by atoms with Crippen LogP contribution in [0.15, 0.2) is 18.2 Å². The molecule has 1 aromatic carbocycles. The molecule has 0 radical (unpaired) electrons. The van der Waals surface area contributed by atoms with Crippen LogP contribution in [0.4, 0.5) is 4.39 Å². The zero-order chi connectivity index (χ0) is 11.3. The van der Waals surface area contributed by atoms with E-state index in [4.69, 9.17) is 16.3 Å². The molecule has 0 aliphatic heterocycles. The summed E-state index contributed by atoms with van der Waals surface area (Å²) in [5.74, 6) is 0.0851. The minimum atomic E-state index is -0.550. The molecule has 0 aliphatic carbocycles. The number of carbonyl (C=O) groups excluding carboxylic acids is 1. The van der Waals surface area contributed by atoms with Crippen LogP contribution in [0, 0.1) is 5.82 Å². The minimum absolute atomic E-state index is 0.0830. The second kappa shape index (κ2) is 5.71. The summed E-state index contributed by atoms with van der Waals surface area (Å²) in [4.78, 5) is 10.9. The van der Waals surface area contributed by atoms with Gasteiger partial charge in [-0.25, -0.2) is 4.39 Å². The number of Topliss-reactive ketones (excluding diaryl/α,β-unsaturated/α-hetero) is 1. The molecule has 0 spiro atoms. The molecule has 2 nitrogen and oxygen atoms in total. The van der Waals surface area contributed by atoms with Gasteiger partial charge in [-0.15, -0.1) is 11.6 Å².